The van der Waals surface area contributed by atoms with E-state index in [4.69, 9.17) is 0 Å². The van der Waals surface area contributed by atoms with Gasteiger partial charge in [-0.15, -0.1) is 0 Å². The molecule has 2 amide bonds. The van der Waals surface area contributed by atoms with E-state index in [2.05, 4.69) is 5.32 Å². The first kappa shape index (κ1) is 29.4. The first-order chi connectivity index (χ1) is 17.0. The quantitative estimate of drug-likeness (QED) is 0.423. The van der Waals surface area contributed by atoms with Gasteiger partial charge in [-0.1, -0.05) is 55.8 Å². The van der Waals surface area contributed by atoms with Gasteiger partial charge in [-0.25, -0.2) is 8.42 Å². The van der Waals surface area contributed by atoms with Gasteiger partial charge >= 0.3 is 0 Å². The molecule has 0 aliphatic carbocycles. The third-order valence-corrected chi connectivity index (χ3v) is 7.46. The number of nitrogens with zero attached hydrogens (tertiary/aromatic N) is 2. The number of hydrogen-bond donors (Lipinski definition) is 1. The molecule has 0 fully saturated rings. The van der Waals surface area contributed by atoms with Crippen molar-refractivity contribution in [3.63, 3.8) is 0 Å². The summed E-state index contributed by atoms with van der Waals surface area (Å²) < 4.78 is 26.3. The molecule has 0 aromatic heterocycles. The van der Waals surface area contributed by atoms with Crippen LogP contribution in [0.1, 0.15) is 63.1 Å². The Kier molecular flexibility index (Phi) is 11.0. The van der Waals surface area contributed by atoms with Gasteiger partial charge in [0.2, 0.25) is 21.8 Å². The number of carbonyl (C=O) groups excluding carboxylic acids is 2. The van der Waals surface area contributed by atoms with Crippen molar-refractivity contribution >= 4 is 27.5 Å². The van der Waals surface area contributed by atoms with Gasteiger partial charge in [-0.3, -0.25) is 13.9 Å². The van der Waals surface area contributed by atoms with Crippen LogP contribution in [0.2, 0.25) is 0 Å². The first-order valence-electron chi connectivity index (χ1n) is 12.7. The van der Waals surface area contributed by atoms with Crippen molar-refractivity contribution in [2.75, 3.05) is 17.1 Å². The molecule has 0 heterocycles. The molecule has 2 atom stereocenters. The maximum Gasteiger partial charge on any atom is 0.243 e. The molecule has 36 heavy (non-hydrogen) atoms. The largest absolute Gasteiger partial charge is 0.352 e. The molecule has 0 radical (unpaired) electrons. The van der Waals surface area contributed by atoms with E-state index in [0.717, 1.165) is 23.1 Å². The molecule has 0 aliphatic heterocycles. The molecule has 1 N–H and O–H groups in total. The van der Waals surface area contributed by atoms with Gasteiger partial charge in [0.25, 0.3) is 0 Å². The molecule has 0 unspecified atom stereocenters. The summed E-state index contributed by atoms with van der Waals surface area (Å²) in [4.78, 5) is 28.2. The summed E-state index contributed by atoms with van der Waals surface area (Å²) in [7, 11) is -3.51. The minimum absolute atomic E-state index is 0.0140. The third kappa shape index (κ3) is 8.66. The SMILES string of the molecule is CC[C@@H](C)NC(=O)[C@@H](CC)N(Cc1cccc(C)c1)C(=O)CCCN(c1cccc(C)c1)S(C)(=O)=O. The number of amides is 2. The number of rotatable bonds is 13. The maximum absolute atomic E-state index is 13.5. The fourth-order valence-electron chi connectivity index (χ4n) is 4.15. The zero-order valence-corrected chi connectivity index (χ0v) is 23.3. The predicted octanol–water partition coefficient (Wildman–Crippen LogP) is 4.57. The molecular formula is C28H41N3O4S. The van der Waals surface area contributed by atoms with E-state index in [1.165, 1.54) is 10.6 Å². The summed E-state index contributed by atoms with van der Waals surface area (Å²) in [6.45, 7) is 10.3. The Morgan fingerprint density at radius 3 is 2.17 bits per heavy atom. The second-order valence-corrected chi connectivity index (χ2v) is 11.4. The van der Waals surface area contributed by atoms with Gasteiger partial charge in [0.1, 0.15) is 6.04 Å². The fraction of sp³-hybridized carbons (Fsp3) is 0.500. The van der Waals surface area contributed by atoms with Gasteiger partial charge in [-0.05, 0) is 63.3 Å². The van der Waals surface area contributed by atoms with Crippen LogP contribution in [0.15, 0.2) is 48.5 Å². The monoisotopic (exact) mass is 515 g/mol. The molecule has 0 aliphatic rings. The van der Waals surface area contributed by atoms with E-state index >= 15 is 0 Å². The van der Waals surface area contributed by atoms with Gasteiger partial charge in [0.15, 0.2) is 0 Å². The molecule has 2 aromatic carbocycles. The second-order valence-electron chi connectivity index (χ2n) is 9.53. The lowest BCUT2D eigenvalue weighted by Gasteiger charge is -2.32. The summed E-state index contributed by atoms with van der Waals surface area (Å²) >= 11 is 0. The zero-order valence-electron chi connectivity index (χ0n) is 22.5. The molecule has 0 saturated carbocycles. The van der Waals surface area contributed by atoms with Crippen LogP contribution in [0.3, 0.4) is 0 Å². The Morgan fingerprint density at radius 2 is 1.61 bits per heavy atom. The molecule has 8 heteroatoms. The van der Waals surface area contributed by atoms with E-state index in [0.29, 0.717) is 25.1 Å². The lowest BCUT2D eigenvalue weighted by atomic mass is 10.1. The Labute approximate surface area is 216 Å². The summed E-state index contributed by atoms with van der Waals surface area (Å²) in [5, 5.41) is 3.01. The van der Waals surface area contributed by atoms with Gasteiger partial charge in [-0.2, -0.15) is 0 Å². The van der Waals surface area contributed by atoms with Crippen LogP contribution in [-0.4, -0.2) is 50.0 Å². The number of aryl methyl sites for hydroxylation is 2. The standard InChI is InChI=1S/C28H41N3O4S/c1-7-23(5)29-28(33)26(8-2)30(20-24-14-9-12-21(3)18-24)27(32)16-11-17-31(36(6,34)35)25-15-10-13-22(4)19-25/h9-10,12-15,18-19,23,26H,7-8,11,16-17,20H2,1-6H3,(H,29,33)/t23-,26-/m1/s1. The molecule has 0 bridgehead atoms. The van der Waals surface area contributed by atoms with E-state index in [1.807, 2.05) is 77.1 Å². The van der Waals surface area contributed by atoms with E-state index in [1.54, 1.807) is 11.0 Å². The van der Waals surface area contributed by atoms with Crippen molar-refractivity contribution in [2.45, 2.75) is 78.9 Å². The zero-order chi connectivity index (χ0) is 26.9. The van der Waals surface area contributed by atoms with E-state index in [9.17, 15) is 18.0 Å². The molecule has 0 saturated heterocycles. The van der Waals surface area contributed by atoms with Crippen LogP contribution < -0.4 is 9.62 Å². The molecule has 7 nitrogen and oxygen atoms in total. The minimum Gasteiger partial charge on any atom is -0.352 e. The van der Waals surface area contributed by atoms with Crippen LogP contribution >= 0.6 is 0 Å². The van der Waals surface area contributed by atoms with Crippen molar-refractivity contribution in [3.8, 4) is 0 Å². The lowest BCUT2D eigenvalue weighted by molar-refractivity contribution is -0.141. The van der Waals surface area contributed by atoms with Gasteiger partial charge < -0.3 is 10.2 Å². The minimum atomic E-state index is -3.51. The summed E-state index contributed by atoms with van der Waals surface area (Å²) in [6.07, 6.45) is 2.94. The van der Waals surface area contributed by atoms with Crippen molar-refractivity contribution in [1.82, 2.24) is 10.2 Å². The Balaban J connectivity index is 2.23. The van der Waals surface area contributed by atoms with Crippen molar-refractivity contribution in [2.24, 2.45) is 0 Å². The highest BCUT2D eigenvalue weighted by molar-refractivity contribution is 7.92. The molecule has 2 rings (SSSR count). The van der Waals surface area contributed by atoms with Crippen LogP contribution in [0.5, 0.6) is 0 Å². The normalized spacial score (nSPS) is 13.1. The number of anilines is 1. The number of sulfonamides is 1. The number of hydrogen-bond acceptors (Lipinski definition) is 4. The number of carbonyl (C=O) groups is 2. The lowest BCUT2D eigenvalue weighted by Crippen LogP contribution is -2.50. The summed E-state index contributed by atoms with van der Waals surface area (Å²) in [5.41, 5.74) is 3.58. The average molecular weight is 516 g/mol. The van der Waals surface area contributed by atoms with Crippen LogP contribution in [0.25, 0.3) is 0 Å². The fourth-order valence-corrected chi connectivity index (χ4v) is 5.11. The van der Waals surface area contributed by atoms with Gasteiger partial charge in [0.05, 0.1) is 11.9 Å². The molecule has 2 aromatic rings. The average Bonchev–Trinajstić information content (AvgIpc) is 2.80. The van der Waals surface area contributed by atoms with Crippen molar-refractivity contribution in [1.29, 1.82) is 0 Å². The molecule has 0 spiro atoms. The van der Waals surface area contributed by atoms with E-state index < -0.39 is 16.1 Å². The second kappa shape index (κ2) is 13.4. The number of benzene rings is 2. The highest BCUT2D eigenvalue weighted by Gasteiger charge is 2.29. The van der Waals surface area contributed by atoms with Crippen molar-refractivity contribution in [3.05, 3.63) is 65.2 Å². The predicted molar refractivity (Wildman–Crippen MR) is 146 cm³/mol. The van der Waals surface area contributed by atoms with Crippen LogP contribution in [0.4, 0.5) is 5.69 Å². The third-order valence-electron chi connectivity index (χ3n) is 6.26. The highest BCUT2D eigenvalue weighted by atomic mass is 32.2. The first-order valence-corrected chi connectivity index (χ1v) is 14.5. The number of nitrogens with one attached hydrogen (secondary N) is 1. The Bertz CT molecular complexity index is 1130. The van der Waals surface area contributed by atoms with Crippen LogP contribution in [-0.2, 0) is 26.2 Å². The summed E-state index contributed by atoms with van der Waals surface area (Å²) in [5.74, 6) is -0.328. The van der Waals surface area contributed by atoms with E-state index in [-0.39, 0.29) is 30.8 Å². The van der Waals surface area contributed by atoms with Gasteiger partial charge in [0, 0.05) is 25.6 Å². The van der Waals surface area contributed by atoms with Crippen LogP contribution in [0, 0.1) is 13.8 Å². The summed E-state index contributed by atoms with van der Waals surface area (Å²) in [6, 6.07) is 14.6. The Hall–Kier alpha value is -2.87. The Morgan fingerprint density at radius 1 is 0.972 bits per heavy atom. The molecule has 198 valence electrons. The maximum atomic E-state index is 13.5. The smallest absolute Gasteiger partial charge is 0.243 e. The highest BCUT2D eigenvalue weighted by Crippen LogP contribution is 2.21. The van der Waals surface area contributed by atoms with Crippen molar-refractivity contribution < 1.29 is 18.0 Å². The molecular weight excluding hydrogens is 474 g/mol. The topological polar surface area (TPSA) is 86.8 Å².